The van der Waals surface area contributed by atoms with E-state index in [4.69, 9.17) is 29.3 Å². The first-order valence-electron chi connectivity index (χ1n) is 13.6. The van der Waals surface area contributed by atoms with Crippen molar-refractivity contribution >= 4 is 77.2 Å². The lowest BCUT2D eigenvalue weighted by Crippen LogP contribution is -2.40. The number of nitrogens with zero attached hydrogens (tertiary/aromatic N) is 1. The first-order chi connectivity index (χ1) is 20.4. The van der Waals surface area contributed by atoms with Gasteiger partial charge in [-0.3, -0.25) is 14.4 Å². The molecule has 2 saturated carbocycles. The van der Waals surface area contributed by atoms with Crippen LogP contribution in [0.1, 0.15) is 65.9 Å². The number of halogens is 2. The molecule has 0 saturated heterocycles. The second-order valence-corrected chi connectivity index (χ2v) is 14.3. The van der Waals surface area contributed by atoms with Crippen molar-refractivity contribution in [2.45, 2.75) is 66.8 Å². The summed E-state index contributed by atoms with van der Waals surface area (Å²) in [4.78, 5) is 28.1. The van der Waals surface area contributed by atoms with Crippen LogP contribution in [-0.4, -0.2) is 49.8 Å². The predicted octanol–water partition coefficient (Wildman–Crippen LogP) is 3.85. The molecule has 0 spiro atoms. The molecule has 43 heavy (non-hydrogen) atoms. The van der Waals surface area contributed by atoms with Crippen LogP contribution in [0.5, 0.6) is 0 Å². The molecule has 0 atom stereocenters. The molecule has 2 amide bonds. The molecule has 0 aliphatic heterocycles. The molecule has 2 aromatic heterocycles. The maximum atomic E-state index is 12.7. The number of sulfonamides is 2. The lowest BCUT2D eigenvalue weighted by Gasteiger charge is -2.26. The summed E-state index contributed by atoms with van der Waals surface area (Å²) in [5, 5.41) is 0.858. The topological polar surface area (TPSA) is 185 Å². The fourth-order valence-electron chi connectivity index (χ4n) is 5.38. The van der Waals surface area contributed by atoms with Crippen molar-refractivity contribution < 1.29 is 26.4 Å². The Morgan fingerprint density at radius 2 is 1.35 bits per heavy atom. The number of nitrogens with one attached hydrogen (secondary N) is 4. The van der Waals surface area contributed by atoms with Crippen LogP contribution in [0, 0.1) is 0 Å². The van der Waals surface area contributed by atoms with E-state index in [0.29, 0.717) is 21.8 Å². The highest BCUT2D eigenvalue weighted by molar-refractivity contribution is 7.90. The number of aromatic amines is 1. The number of hydrogen-bond acceptors (Lipinski definition) is 6. The highest BCUT2D eigenvalue weighted by atomic mass is 35.5. The van der Waals surface area contributed by atoms with Crippen LogP contribution in [0.4, 0.5) is 0 Å². The fourth-order valence-corrected chi connectivity index (χ4v) is 9.22. The Kier molecular flexibility index (Phi) is 9.07. The standard InChI is InChI=1S/C14H16ClN3O3S.C13H14ClN3O3S/c15-18-11-8-4-3-7-10(11)13(12(18)14(16)19)22(20,21)17-9-5-1-2-6-9;14-16-13(18)11-12(9-6-1-2-7-10(9)15-11)21(19,20)17-8-4-3-5-8/h3-4,7-9,17H,1-2,5-6H2,(H2,16,19);1-2,6-8,15,17H,3-5H2,(H,16,18). The van der Waals surface area contributed by atoms with E-state index in [-0.39, 0.29) is 33.3 Å². The van der Waals surface area contributed by atoms with Gasteiger partial charge in [-0.05, 0) is 37.8 Å². The predicted molar refractivity (Wildman–Crippen MR) is 164 cm³/mol. The van der Waals surface area contributed by atoms with Gasteiger partial charge in [-0.2, -0.15) is 0 Å². The number of rotatable bonds is 8. The van der Waals surface area contributed by atoms with Crippen molar-refractivity contribution in [2.75, 3.05) is 0 Å². The molecule has 4 aromatic rings. The average Bonchev–Trinajstić information content (AvgIpc) is 3.67. The largest absolute Gasteiger partial charge is 0.364 e. The Balaban J connectivity index is 0.000000171. The normalized spacial score (nSPS) is 16.1. The zero-order valence-electron chi connectivity index (χ0n) is 22.8. The van der Waals surface area contributed by atoms with Crippen molar-refractivity contribution in [3.05, 3.63) is 59.9 Å². The molecule has 230 valence electrons. The Morgan fingerprint density at radius 3 is 1.91 bits per heavy atom. The van der Waals surface area contributed by atoms with Crippen LogP contribution in [0.2, 0.25) is 0 Å². The number of amides is 2. The van der Waals surface area contributed by atoms with Gasteiger partial charge in [0.2, 0.25) is 20.0 Å². The van der Waals surface area contributed by atoms with Gasteiger partial charge in [-0.25, -0.2) is 30.4 Å². The van der Waals surface area contributed by atoms with Crippen molar-refractivity contribution in [1.82, 2.24) is 23.4 Å². The molecule has 16 heteroatoms. The van der Waals surface area contributed by atoms with Crippen LogP contribution in [0.15, 0.2) is 58.3 Å². The third-order valence-corrected chi connectivity index (χ3v) is 11.3. The van der Waals surface area contributed by atoms with E-state index in [1.165, 1.54) is 0 Å². The van der Waals surface area contributed by atoms with Gasteiger partial charge in [0.25, 0.3) is 11.8 Å². The minimum absolute atomic E-state index is 0.0526. The molecule has 2 heterocycles. The number of H-pyrrole nitrogens is 1. The van der Waals surface area contributed by atoms with Gasteiger partial charge < -0.3 is 10.7 Å². The van der Waals surface area contributed by atoms with E-state index >= 15 is 0 Å². The molecule has 0 unspecified atom stereocenters. The molecular weight excluding hydrogens is 639 g/mol. The van der Waals surface area contributed by atoms with E-state index in [1.807, 2.05) is 4.84 Å². The zero-order chi connectivity index (χ0) is 30.9. The number of benzene rings is 2. The number of carbonyl (C=O) groups is 2. The highest BCUT2D eigenvalue weighted by Gasteiger charge is 2.33. The van der Waals surface area contributed by atoms with E-state index in [1.54, 1.807) is 48.5 Å². The number of nitrogens with two attached hydrogens (primary N) is 1. The summed E-state index contributed by atoms with van der Waals surface area (Å²) in [7, 11) is -7.67. The summed E-state index contributed by atoms with van der Waals surface area (Å²) in [6.45, 7) is 0. The average molecular weight is 670 g/mol. The lowest BCUT2D eigenvalue weighted by molar-refractivity contribution is 0.0971. The Bertz CT molecular complexity index is 1910. The van der Waals surface area contributed by atoms with Gasteiger partial charge >= 0.3 is 0 Å². The number of carbonyl (C=O) groups excluding carboxylic acids is 2. The van der Waals surface area contributed by atoms with Crippen molar-refractivity contribution in [3.8, 4) is 0 Å². The quantitative estimate of drug-likeness (QED) is 0.178. The summed E-state index contributed by atoms with van der Waals surface area (Å²) >= 11 is 11.4. The molecule has 2 fully saturated rings. The second kappa shape index (κ2) is 12.5. The molecule has 2 aromatic carbocycles. The van der Waals surface area contributed by atoms with Crippen LogP contribution >= 0.6 is 23.6 Å². The van der Waals surface area contributed by atoms with Crippen molar-refractivity contribution in [1.29, 1.82) is 0 Å². The maximum Gasteiger partial charge on any atom is 0.283 e. The number of hydrogen-bond donors (Lipinski definition) is 5. The minimum Gasteiger partial charge on any atom is -0.364 e. The lowest BCUT2D eigenvalue weighted by atomic mass is 9.94. The van der Waals surface area contributed by atoms with E-state index < -0.39 is 31.9 Å². The maximum absolute atomic E-state index is 12.7. The first kappa shape index (κ1) is 31.3. The minimum atomic E-state index is -3.88. The smallest absolute Gasteiger partial charge is 0.283 e. The molecule has 2 aliphatic rings. The van der Waals surface area contributed by atoms with Gasteiger partial charge in [-0.1, -0.05) is 55.7 Å². The van der Waals surface area contributed by atoms with E-state index in [9.17, 15) is 26.4 Å². The Labute approximate surface area is 258 Å². The van der Waals surface area contributed by atoms with Crippen LogP contribution < -0.4 is 20.0 Å². The summed E-state index contributed by atoms with van der Waals surface area (Å²) in [5.74, 6) is -1.56. The summed E-state index contributed by atoms with van der Waals surface area (Å²) in [6, 6.07) is 13.4. The zero-order valence-corrected chi connectivity index (χ0v) is 25.9. The Hall–Kier alpha value is -3.14. The van der Waals surface area contributed by atoms with Crippen LogP contribution in [0.3, 0.4) is 0 Å². The van der Waals surface area contributed by atoms with Gasteiger partial charge in [0, 0.05) is 51.9 Å². The number of primary amides is 1. The summed E-state index contributed by atoms with van der Waals surface area (Å²) in [5.41, 5.74) is 6.08. The molecule has 0 bridgehead atoms. The highest BCUT2D eigenvalue weighted by Crippen LogP contribution is 2.32. The summed E-state index contributed by atoms with van der Waals surface area (Å²) < 4.78 is 57.0. The van der Waals surface area contributed by atoms with Crippen molar-refractivity contribution in [2.24, 2.45) is 5.73 Å². The fraction of sp³-hybridized carbons (Fsp3) is 0.333. The summed E-state index contributed by atoms with van der Waals surface area (Å²) in [6.07, 6.45) is 6.23. The number of aromatic nitrogens is 2. The van der Waals surface area contributed by atoms with Gasteiger partial charge in [-0.15, -0.1) is 0 Å². The van der Waals surface area contributed by atoms with Crippen molar-refractivity contribution in [3.63, 3.8) is 0 Å². The molecular formula is C27H30Cl2N6O6S2. The first-order valence-corrected chi connectivity index (χ1v) is 17.3. The molecule has 2 aliphatic carbocycles. The molecule has 6 rings (SSSR count). The van der Waals surface area contributed by atoms with Gasteiger partial charge in [0.15, 0.2) is 0 Å². The van der Waals surface area contributed by atoms with Gasteiger partial charge in [0.05, 0.1) is 5.52 Å². The number of para-hydroxylation sites is 2. The SMILES string of the molecule is NC(=O)c1c(S(=O)(=O)NC2CCCC2)c2ccccc2n1Cl.O=C(NCl)c1[nH]c2ccccc2c1S(=O)(=O)NC1CCC1. The third kappa shape index (κ3) is 6.26. The second-order valence-electron chi connectivity index (χ2n) is 10.5. The van der Waals surface area contributed by atoms with E-state index in [2.05, 4.69) is 14.4 Å². The van der Waals surface area contributed by atoms with Crippen LogP contribution in [0.25, 0.3) is 21.8 Å². The Morgan fingerprint density at radius 1 is 0.814 bits per heavy atom. The van der Waals surface area contributed by atoms with Gasteiger partial charge in [0.1, 0.15) is 21.2 Å². The number of fused-ring (bicyclic) bond motifs is 2. The molecule has 12 nitrogen and oxygen atoms in total. The molecule has 6 N–H and O–H groups in total. The molecule has 0 radical (unpaired) electrons. The monoisotopic (exact) mass is 668 g/mol. The van der Waals surface area contributed by atoms with E-state index in [0.717, 1.165) is 49.0 Å². The van der Waals surface area contributed by atoms with Crippen LogP contribution in [-0.2, 0) is 20.0 Å². The third-order valence-electron chi connectivity index (χ3n) is 7.62.